The van der Waals surface area contributed by atoms with Gasteiger partial charge in [0.1, 0.15) is 0 Å². The summed E-state index contributed by atoms with van der Waals surface area (Å²) in [6.07, 6.45) is 6.65. The van der Waals surface area contributed by atoms with Gasteiger partial charge >= 0.3 is 0 Å². The second-order valence-corrected chi connectivity index (χ2v) is 18.4. The molecule has 8 aromatic rings. The van der Waals surface area contributed by atoms with Crippen LogP contribution in [0, 0.1) is 0 Å². The van der Waals surface area contributed by atoms with Crippen LogP contribution in [0.1, 0.15) is 93.5 Å². The molecule has 59 heavy (non-hydrogen) atoms. The Bertz CT molecular complexity index is 2910. The Morgan fingerprint density at radius 3 is 1.92 bits per heavy atom. The van der Waals surface area contributed by atoms with Crippen molar-refractivity contribution in [1.82, 2.24) is 0 Å². The summed E-state index contributed by atoms with van der Waals surface area (Å²) in [4.78, 5) is 2.50. The van der Waals surface area contributed by atoms with E-state index < -0.39 is 0 Å². The van der Waals surface area contributed by atoms with Crippen LogP contribution in [0.15, 0.2) is 170 Å². The van der Waals surface area contributed by atoms with Crippen molar-refractivity contribution in [3.8, 4) is 44.5 Å². The van der Waals surface area contributed by atoms with Gasteiger partial charge in [-0.15, -0.1) is 0 Å². The molecule has 0 heterocycles. The van der Waals surface area contributed by atoms with Crippen molar-refractivity contribution in [2.45, 2.75) is 76.5 Å². The average Bonchev–Trinajstić information content (AvgIpc) is 3.66. The molecule has 8 aromatic carbocycles. The fourth-order valence-corrected chi connectivity index (χ4v) is 11.1. The van der Waals surface area contributed by atoms with Gasteiger partial charge in [-0.1, -0.05) is 174 Å². The summed E-state index contributed by atoms with van der Waals surface area (Å²) < 4.78 is 0. The second-order valence-electron chi connectivity index (χ2n) is 18.4. The Hall–Kier alpha value is -6.18. The van der Waals surface area contributed by atoms with Gasteiger partial charge in [0.05, 0.1) is 0 Å². The minimum Gasteiger partial charge on any atom is -0.310 e. The van der Waals surface area contributed by atoms with Gasteiger partial charge in [-0.3, -0.25) is 0 Å². The maximum absolute atomic E-state index is 2.50. The zero-order valence-electron chi connectivity index (χ0n) is 34.7. The van der Waals surface area contributed by atoms with Crippen LogP contribution in [0.4, 0.5) is 17.1 Å². The van der Waals surface area contributed by atoms with Crippen molar-refractivity contribution in [2.75, 3.05) is 4.90 Å². The van der Waals surface area contributed by atoms with Crippen LogP contribution < -0.4 is 4.90 Å². The molecular weight excluding hydrogens is 711 g/mol. The first kappa shape index (κ1) is 35.9. The summed E-state index contributed by atoms with van der Waals surface area (Å²) in [5.74, 6) is 0.666. The van der Waals surface area contributed by atoms with Crippen molar-refractivity contribution in [1.29, 1.82) is 0 Å². The normalized spacial score (nSPS) is 16.0. The number of benzene rings is 8. The van der Waals surface area contributed by atoms with Crippen LogP contribution in [0.5, 0.6) is 0 Å². The third-order valence-electron chi connectivity index (χ3n) is 14.3. The van der Waals surface area contributed by atoms with Crippen molar-refractivity contribution < 1.29 is 0 Å². The van der Waals surface area contributed by atoms with Gasteiger partial charge in [-0.2, -0.15) is 0 Å². The fourth-order valence-electron chi connectivity index (χ4n) is 11.1. The smallest absolute Gasteiger partial charge is 0.0474 e. The van der Waals surface area contributed by atoms with Gasteiger partial charge in [0, 0.05) is 27.9 Å². The molecule has 3 aliphatic rings. The number of rotatable bonds is 6. The zero-order valence-corrected chi connectivity index (χ0v) is 34.7. The number of nitrogens with zero attached hydrogens (tertiary/aromatic N) is 1. The molecule has 0 aromatic heterocycles. The minimum atomic E-state index is -0.165. The highest BCUT2D eigenvalue weighted by Crippen LogP contribution is 2.55. The Labute approximate surface area is 350 Å². The lowest BCUT2D eigenvalue weighted by Gasteiger charge is -2.29. The quantitative estimate of drug-likeness (QED) is 0.163. The van der Waals surface area contributed by atoms with Gasteiger partial charge in [0.25, 0.3) is 0 Å². The summed E-state index contributed by atoms with van der Waals surface area (Å²) in [7, 11) is 0. The van der Waals surface area contributed by atoms with Crippen LogP contribution in [-0.2, 0) is 10.8 Å². The molecule has 0 spiro atoms. The molecule has 1 nitrogen and oxygen atoms in total. The lowest BCUT2D eigenvalue weighted by Crippen LogP contribution is -2.16. The number of hydrogen-bond acceptors (Lipinski definition) is 1. The number of fused-ring (bicyclic) bond motifs is 7. The van der Waals surface area contributed by atoms with Gasteiger partial charge in [-0.25, -0.2) is 0 Å². The van der Waals surface area contributed by atoms with E-state index in [2.05, 4.69) is 202 Å². The van der Waals surface area contributed by atoms with Gasteiger partial charge in [0.2, 0.25) is 0 Å². The summed E-state index contributed by atoms with van der Waals surface area (Å²) >= 11 is 0. The van der Waals surface area contributed by atoms with E-state index in [1.54, 1.807) is 0 Å². The molecule has 1 saturated carbocycles. The van der Waals surface area contributed by atoms with Crippen LogP contribution in [-0.4, -0.2) is 0 Å². The molecular formula is C58H51N. The average molecular weight is 762 g/mol. The van der Waals surface area contributed by atoms with E-state index in [1.807, 2.05) is 0 Å². The molecule has 0 amide bonds. The van der Waals surface area contributed by atoms with Gasteiger partial charge in [0.15, 0.2) is 0 Å². The van der Waals surface area contributed by atoms with Crippen molar-refractivity contribution in [3.05, 3.63) is 198 Å². The molecule has 0 aliphatic heterocycles. The van der Waals surface area contributed by atoms with Crippen molar-refractivity contribution in [2.24, 2.45) is 0 Å². The molecule has 0 atom stereocenters. The molecule has 0 saturated heterocycles. The van der Waals surface area contributed by atoms with E-state index >= 15 is 0 Å². The van der Waals surface area contributed by atoms with Crippen LogP contribution >= 0.6 is 0 Å². The fraction of sp³-hybridized carbons (Fsp3) is 0.207. The maximum atomic E-state index is 2.50. The largest absolute Gasteiger partial charge is 0.310 e. The summed E-state index contributed by atoms with van der Waals surface area (Å²) in [6, 6.07) is 64.5. The van der Waals surface area contributed by atoms with Gasteiger partial charge < -0.3 is 4.90 Å². The van der Waals surface area contributed by atoms with E-state index in [0.29, 0.717) is 5.92 Å². The second kappa shape index (κ2) is 13.7. The van der Waals surface area contributed by atoms with Crippen LogP contribution in [0.3, 0.4) is 0 Å². The molecule has 288 valence electrons. The van der Waals surface area contributed by atoms with Gasteiger partial charge in [-0.05, 0) is 144 Å². The third kappa shape index (κ3) is 5.73. The summed E-state index contributed by atoms with van der Waals surface area (Å²) in [6.45, 7) is 9.56. The Morgan fingerprint density at radius 2 is 1.08 bits per heavy atom. The van der Waals surface area contributed by atoms with Crippen molar-refractivity contribution >= 4 is 27.8 Å². The SMILES string of the molecule is CC1(C)c2ccc(-c3cccc4c3-c3ccccc3C4(C)C)cc2-c2ccc(N(c3ccc(C4CCCCC4)cc3)c3cc(-c4ccccc4)c4ccccc4c3)cc21. The first-order valence-electron chi connectivity index (χ1n) is 21.8. The van der Waals surface area contributed by atoms with Crippen LogP contribution in [0.2, 0.25) is 0 Å². The van der Waals surface area contributed by atoms with E-state index in [4.69, 9.17) is 0 Å². The zero-order chi connectivity index (χ0) is 39.9. The number of anilines is 3. The lowest BCUT2D eigenvalue weighted by atomic mass is 9.81. The summed E-state index contributed by atoms with van der Waals surface area (Å²) in [5, 5.41) is 2.51. The predicted octanol–water partition coefficient (Wildman–Crippen LogP) is 16.3. The first-order chi connectivity index (χ1) is 28.8. The Kier molecular flexibility index (Phi) is 8.35. The van der Waals surface area contributed by atoms with E-state index in [-0.39, 0.29) is 10.8 Å². The third-order valence-corrected chi connectivity index (χ3v) is 14.3. The summed E-state index contributed by atoms with van der Waals surface area (Å²) in [5.41, 5.74) is 20.9. The molecule has 0 bridgehead atoms. The highest BCUT2D eigenvalue weighted by atomic mass is 15.1. The molecule has 1 fully saturated rings. The molecule has 3 aliphatic carbocycles. The standard InChI is InChI=1S/C58H51N/c1-57(2)52-24-14-13-22-49(52)56-47(23-15-25-54(56)57)42-28-33-53-51(35-42)48-32-31-44(37-55(48)58(53,3)4)59(43-29-26-39(27-30-43)38-16-7-5-8-17-38)45-34-41-20-11-12-21-46(41)50(36-45)40-18-9-6-10-19-40/h6,9-15,18-38H,5,7-8,16-17H2,1-4H3. The Morgan fingerprint density at radius 1 is 0.407 bits per heavy atom. The molecule has 11 rings (SSSR count). The molecule has 0 N–H and O–H groups in total. The Balaban J connectivity index is 1.06. The minimum absolute atomic E-state index is 0.0291. The van der Waals surface area contributed by atoms with E-state index in [9.17, 15) is 0 Å². The molecule has 0 unspecified atom stereocenters. The maximum Gasteiger partial charge on any atom is 0.0474 e. The number of hydrogen-bond donors (Lipinski definition) is 0. The molecule has 1 heteroatoms. The highest BCUT2D eigenvalue weighted by molar-refractivity contribution is 6.01. The first-order valence-corrected chi connectivity index (χ1v) is 21.8. The predicted molar refractivity (Wildman–Crippen MR) is 250 cm³/mol. The topological polar surface area (TPSA) is 3.24 Å². The molecule has 0 radical (unpaired) electrons. The van der Waals surface area contributed by atoms with E-state index in [1.165, 1.54) is 132 Å². The van der Waals surface area contributed by atoms with E-state index in [0.717, 1.165) is 0 Å². The highest BCUT2D eigenvalue weighted by Gasteiger charge is 2.39. The van der Waals surface area contributed by atoms with Crippen LogP contribution in [0.25, 0.3) is 55.3 Å². The lowest BCUT2D eigenvalue weighted by molar-refractivity contribution is 0.443. The monoisotopic (exact) mass is 761 g/mol. The van der Waals surface area contributed by atoms with Crippen molar-refractivity contribution in [3.63, 3.8) is 0 Å².